The molecule has 8 heteroatoms. The molecule has 0 aromatic heterocycles. The van der Waals surface area contributed by atoms with E-state index < -0.39 is 36.1 Å². The topological polar surface area (TPSA) is 127 Å². The van der Waals surface area contributed by atoms with E-state index in [0.717, 1.165) is 0 Å². The van der Waals surface area contributed by atoms with E-state index in [1.807, 2.05) is 0 Å². The second kappa shape index (κ2) is 6.83. The van der Waals surface area contributed by atoms with Crippen LogP contribution < -0.4 is 0 Å². The minimum absolute atomic E-state index is 0.367. The number of ether oxygens (including phenoxy) is 2. The van der Waals surface area contributed by atoms with Crippen molar-refractivity contribution < 1.29 is 38.9 Å². The largest absolute Gasteiger partial charge is 0.481 e. The fourth-order valence-electron chi connectivity index (χ4n) is 2.95. The average molecular weight is 358 g/mol. The molecule has 0 aliphatic carbocycles. The van der Waals surface area contributed by atoms with Gasteiger partial charge in [-0.1, -0.05) is 18.2 Å². The van der Waals surface area contributed by atoms with Gasteiger partial charge in [-0.15, -0.1) is 0 Å². The number of carboxylic acid groups (broad SMARTS) is 2. The first-order chi connectivity index (χ1) is 12.3. The molecular weight excluding hydrogens is 344 g/mol. The number of hydrogen-bond acceptors (Lipinski definition) is 6. The van der Waals surface area contributed by atoms with Gasteiger partial charge < -0.3 is 19.7 Å². The molecule has 2 aliphatic rings. The van der Waals surface area contributed by atoms with Gasteiger partial charge in [-0.05, 0) is 17.2 Å². The molecule has 0 fully saturated rings. The van der Waals surface area contributed by atoms with Gasteiger partial charge in [0.2, 0.25) is 0 Å². The van der Waals surface area contributed by atoms with Crippen molar-refractivity contribution in [3.8, 4) is 0 Å². The predicted octanol–water partition coefficient (Wildman–Crippen LogP) is 1.25. The summed E-state index contributed by atoms with van der Waals surface area (Å²) >= 11 is 0. The number of rotatable bonds is 6. The molecule has 0 amide bonds. The average Bonchev–Trinajstić information content (AvgIpc) is 3.09. The van der Waals surface area contributed by atoms with Gasteiger partial charge >= 0.3 is 23.9 Å². The molecule has 1 aromatic carbocycles. The number of carboxylic acids is 2. The summed E-state index contributed by atoms with van der Waals surface area (Å²) in [5, 5.41) is 17.9. The number of carbonyl (C=O) groups excluding carboxylic acids is 2. The first kappa shape index (κ1) is 17.4. The summed E-state index contributed by atoms with van der Waals surface area (Å²) in [5.41, 5.74) is 1.93. The summed E-state index contributed by atoms with van der Waals surface area (Å²) in [7, 11) is 0. The summed E-state index contributed by atoms with van der Waals surface area (Å²) in [6.45, 7) is 0. The van der Waals surface area contributed by atoms with Crippen LogP contribution in [-0.4, -0.2) is 46.3 Å². The van der Waals surface area contributed by atoms with E-state index in [-0.39, 0.29) is 12.8 Å². The molecule has 0 bridgehead atoms. The maximum Gasteiger partial charge on any atom is 0.331 e. The molecule has 2 heterocycles. The normalized spacial score (nSPS) is 21.7. The number of carbonyl (C=O) groups is 4. The van der Waals surface area contributed by atoms with Crippen LogP contribution in [0.3, 0.4) is 0 Å². The Morgan fingerprint density at radius 1 is 0.846 bits per heavy atom. The highest BCUT2D eigenvalue weighted by molar-refractivity contribution is 6.00. The van der Waals surface area contributed by atoms with Crippen LogP contribution >= 0.6 is 0 Å². The molecule has 2 atom stereocenters. The Bertz CT molecular complexity index is 796. The number of cyclic esters (lactones) is 2. The van der Waals surface area contributed by atoms with Crippen molar-refractivity contribution in [3.05, 3.63) is 47.5 Å². The van der Waals surface area contributed by atoms with Gasteiger partial charge in [0.1, 0.15) is 12.2 Å². The van der Waals surface area contributed by atoms with Crippen LogP contribution in [0.5, 0.6) is 0 Å². The first-order valence-corrected chi connectivity index (χ1v) is 7.72. The second-order valence-electron chi connectivity index (χ2n) is 5.83. The van der Waals surface area contributed by atoms with Crippen LogP contribution in [0, 0.1) is 0 Å². The minimum Gasteiger partial charge on any atom is -0.481 e. The molecule has 2 unspecified atom stereocenters. The van der Waals surface area contributed by atoms with Gasteiger partial charge in [0, 0.05) is 23.3 Å². The molecule has 0 saturated carbocycles. The van der Waals surface area contributed by atoms with E-state index in [4.69, 9.17) is 19.7 Å². The Morgan fingerprint density at radius 3 is 1.65 bits per heavy atom. The molecule has 0 radical (unpaired) electrons. The highest BCUT2D eigenvalue weighted by Crippen LogP contribution is 2.33. The van der Waals surface area contributed by atoms with Gasteiger partial charge in [0.05, 0.1) is 12.8 Å². The van der Waals surface area contributed by atoms with Crippen molar-refractivity contribution in [3.63, 3.8) is 0 Å². The van der Waals surface area contributed by atoms with E-state index in [0.29, 0.717) is 22.3 Å². The van der Waals surface area contributed by atoms with Crippen molar-refractivity contribution in [1.82, 2.24) is 0 Å². The van der Waals surface area contributed by atoms with E-state index in [2.05, 4.69) is 0 Å². The molecule has 3 rings (SSSR count). The molecule has 2 N–H and O–H groups in total. The SMILES string of the molecule is O=C(O)CC1OC(=O)C=C1c1cccc(C2=CC(=O)OC2CC(=O)O)c1. The zero-order chi connectivity index (χ0) is 18.8. The lowest BCUT2D eigenvalue weighted by Gasteiger charge is -2.15. The number of esters is 2. The van der Waals surface area contributed by atoms with E-state index in [1.54, 1.807) is 24.3 Å². The molecular formula is C18H14O8. The number of benzene rings is 1. The van der Waals surface area contributed by atoms with Crippen molar-refractivity contribution in [2.45, 2.75) is 25.0 Å². The van der Waals surface area contributed by atoms with Gasteiger partial charge in [-0.3, -0.25) is 9.59 Å². The Balaban J connectivity index is 1.93. The Labute approximate surface area is 147 Å². The molecule has 134 valence electrons. The smallest absolute Gasteiger partial charge is 0.331 e. The highest BCUT2D eigenvalue weighted by atomic mass is 16.6. The van der Waals surface area contributed by atoms with Crippen molar-refractivity contribution in [2.75, 3.05) is 0 Å². The molecule has 0 saturated heterocycles. The van der Waals surface area contributed by atoms with Gasteiger partial charge in [-0.2, -0.15) is 0 Å². The van der Waals surface area contributed by atoms with Crippen LogP contribution in [0.1, 0.15) is 24.0 Å². The minimum atomic E-state index is -1.11. The highest BCUT2D eigenvalue weighted by Gasteiger charge is 2.32. The van der Waals surface area contributed by atoms with E-state index >= 15 is 0 Å². The van der Waals surface area contributed by atoms with Crippen molar-refractivity contribution in [2.24, 2.45) is 0 Å². The molecule has 1 aromatic rings. The summed E-state index contributed by atoms with van der Waals surface area (Å²) < 4.78 is 10.0. The summed E-state index contributed by atoms with van der Waals surface area (Å²) in [6, 6.07) is 6.66. The Kier molecular flexibility index (Phi) is 4.57. The van der Waals surface area contributed by atoms with E-state index in [1.165, 1.54) is 12.2 Å². The fraction of sp³-hybridized carbons (Fsp3) is 0.222. The van der Waals surface area contributed by atoms with Gasteiger partial charge in [0.15, 0.2) is 0 Å². The first-order valence-electron chi connectivity index (χ1n) is 7.72. The zero-order valence-electron chi connectivity index (χ0n) is 13.4. The molecule has 26 heavy (non-hydrogen) atoms. The zero-order valence-corrected chi connectivity index (χ0v) is 13.4. The van der Waals surface area contributed by atoms with Crippen LogP contribution in [0.25, 0.3) is 11.1 Å². The molecule has 0 spiro atoms. The Hall–Kier alpha value is -3.42. The summed E-state index contributed by atoms with van der Waals surface area (Å²) in [5.74, 6) is -3.46. The lowest BCUT2D eigenvalue weighted by Crippen LogP contribution is -2.17. The third-order valence-corrected chi connectivity index (χ3v) is 4.01. The third-order valence-electron chi connectivity index (χ3n) is 4.01. The lowest BCUT2D eigenvalue weighted by molar-refractivity contribution is -0.146. The summed E-state index contributed by atoms with van der Waals surface area (Å²) in [6.07, 6.45) is -0.0827. The molecule has 8 nitrogen and oxygen atoms in total. The quantitative estimate of drug-likeness (QED) is 0.728. The van der Waals surface area contributed by atoms with Crippen LogP contribution in [0.4, 0.5) is 0 Å². The van der Waals surface area contributed by atoms with Crippen molar-refractivity contribution >= 4 is 35.0 Å². The monoisotopic (exact) mass is 358 g/mol. The third kappa shape index (κ3) is 3.64. The predicted molar refractivity (Wildman–Crippen MR) is 86.7 cm³/mol. The van der Waals surface area contributed by atoms with Crippen LogP contribution in [-0.2, 0) is 28.7 Å². The van der Waals surface area contributed by atoms with Crippen molar-refractivity contribution in [1.29, 1.82) is 0 Å². The van der Waals surface area contributed by atoms with Crippen LogP contribution in [0.15, 0.2) is 36.4 Å². The second-order valence-corrected chi connectivity index (χ2v) is 5.83. The van der Waals surface area contributed by atoms with Gasteiger partial charge in [0.25, 0.3) is 0 Å². The number of hydrogen-bond donors (Lipinski definition) is 2. The van der Waals surface area contributed by atoms with Crippen LogP contribution in [0.2, 0.25) is 0 Å². The number of aliphatic carboxylic acids is 2. The Morgan fingerprint density at radius 2 is 1.27 bits per heavy atom. The molecule has 2 aliphatic heterocycles. The maximum atomic E-state index is 11.5. The lowest BCUT2D eigenvalue weighted by atomic mass is 9.93. The maximum absolute atomic E-state index is 11.5. The van der Waals surface area contributed by atoms with Gasteiger partial charge in [-0.25, -0.2) is 9.59 Å². The summed E-state index contributed by atoms with van der Waals surface area (Å²) in [4.78, 5) is 45.0. The fourth-order valence-corrected chi connectivity index (χ4v) is 2.95. The standard InChI is InChI=1S/C18H14O8/c19-15(20)7-13-11(5-17(23)25-13)9-2-1-3-10(4-9)12-6-18(24)26-14(12)8-16(21)22/h1-6,13-14H,7-8H2,(H,19,20)(H,21,22). The van der Waals surface area contributed by atoms with E-state index in [9.17, 15) is 19.2 Å².